The third-order valence-electron chi connectivity index (χ3n) is 3.06. The lowest BCUT2D eigenvalue weighted by atomic mass is 10.1. The third kappa shape index (κ3) is 3.42. The molecule has 0 fully saturated rings. The Morgan fingerprint density at radius 2 is 2.17 bits per heavy atom. The molecule has 1 aromatic rings. The van der Waals surface area contributed by atoms with Crippen molar-refractivity contribution in [1.82, 2.24) is 4.90 Å². The molecule has 1 atom stereocenters. The van der Waals surface area contributed by atoms with Gasteiger partial charge in [-0.25, -0.2) is 0 Å². The van der Waals surface area contributed by atoms with E-state index >= 15 is 0 Å². The number of amides is 1. The number of anilines is 1. The predicted molar refractivity (Wildman–Crippen MR) is 80.7 cm³/mol. The van der Waals surface area contributed by atoms with Crippen LogP contribution >= 0.6 is 11.8 Å². The van der Waals surface area contributed by atoms with Crippen molar-refractivity contribution >= 4 is 23.4 Å². The molecule has 0 aliphatic carbocycles. The fraction of sp³-hybridized carbons (Fsp3) is 0.500. The molecule has 1 N–H and O–H groups in total. The summed E-state index contributed by atoms with van der Waals surface area (Å²) in [7, 11) is 3.71. The van der Waals surface area contributed by atoms with Gasteiger partial charge in [-0.1, -0.05) is 11.6 Å². The normalized spacial score (nSPS) is 12.1. The summed E-state index contributed by atoms with van der Waals surface area (Å²) in [6, 6.07) is 6.14. The summed E-state index contributed by atoms with van der Waals surface area (Å²) >= 11 is 1.75. The fourth-order valence-electron chi connectivity index (χ4n) is 1.80. The Bertz CT molecular complexity index is 420. The number of nitrogens with zero attached hydrogens (tertiary/aromatic N) is 1. The van der Waals surface area contributed by atoms with Crippen molar-refractivity contribution in [3.63, 3.8) is 0 Å². The molecule has 4 heteroatoms. The van der Waals surface area contributed by atoms with Crippen LogP contribution in [0.1, 0.15) is 22.8 Å². The van der Waals surface area contributed by atoms with Crippen LogP contribution in [0, 0.1) is 6.92 Å². The maximum Gasteiger partial charge on any atom is 0.255 e. The van der Waals surface area contributed by atoms with Crippen LogP contribution in [0.15, 0.2) is 18.2 Å². The molecule has 0 aliphatic heterocycles. The van der Waals surface area contributed by atoms with Gasteiger partial charge in [0.2, 0.25) is 0 Å². The van der Waals surface area contributed by atoms with E-state index in [2.05, 4.69) is 18.5 Å². The Morgan fingerprint density at radius 1 is 1.50 bits per heavy atom. The highest BCUT2D eigenvalue weighted by Gasteiger charge is 2.19. The fourth-order valence-corrected chi connectivity index (χ4v) is 2.50. The van der Waals surface area contributed by atoms with E-state index in [1.807, 2.05) is 44.1 Å². The second kappa shape index (κ2) is 6.69. The summed E-state index contributed by atoms with van der Waals surface area (Å²) < 4.78 is 0. The zero-order valence-corrected chi connectivity index (χ0v) is 12.6. The van der Waals surface area contributed by atoms with E-state index in [0.29, 0.717) is 0 Å². The number of nitrogens with one attached hydrogen (secondary N) is 1. The van der Waals surface area contributed by atoms with E-state index in [0.717, 1.165) is 22.6 Å². The van der Waals surface area contributed by atoms with E-state index in [9.17, 15) is 4.79 Å². The Kier molecular flexibility index (Phi) is 5.54. The summed E-state index contributed by atoms with van der Waals surface area (Å²) in [5, 5.41) is 3.08. The van der Waals surface area contributed by atoms with Crippen LogP contribution in [0.4, 0.5) is 5.69 Å². The first-order chi connectivity index (χ1) is 8.51. The summed E-state index contributed by atoms with van der Waals surface area (Å²) in [4.78, 5) is 14.3. The molecule has 18 heavy (non-hydrogen) atoms. The Morgan fingerprint density at radius 3 is 2.72 bits per heavy atom. The molecule has 1 aromatic carbocycles. The molecular weight excluding hydrogens is 244 g/mol. The summed E-state index contributed by atoms with van der Waals surface area (Å²) in [6.07, 6.45) is 2.06. The lowest BCUT2D eigenvalue weighted by Gasteiger charge is -2.25. The largest absolute Gasteiger partial charge is 0.387 e. The van der Waals surface area contributed by atoms with Gasteiger partial charge in [0.1, 0.15) is 0 Å². The average Bonchev–Trinajstić information content (AvgIpc) is 2.37. The van der Waals surface area contributed by atoms with Crippen molar-refractivity contribution in [2.75, 3.05) is 31.4 Å². The molecule has 0 bridgehead atoms. The minimum Gasteiger partial charge on any atom is -0.387 e. The highest BCUT2D eigenvalue weighted by Crippen LogP contribution is 2.19. The summed E-state index contributed by atoms with van der Waals surface area (Å²) in [6.45, 7) is 4.07. The zero-order chi connectivity index (χ0) is 13.7. The molecule has 100 valence electrons. The predicted octanol–water partition coefficient (Wildman–Crippen LogP) is 2.86. The highest BCUT2D eigenvalue weighted by molar-refractivity contribution is 7.98. The molecule has 0 aliphatic rings. The van der Waals surface area contributed by atoms with Crippen LogP contribution in [0.5, 0.6) is 0 Å². The van der Waals surface area contributed by atoms with Crippen molar-refractivity contribution in [1.29, 1.82) is 0 Å². The SMILES string of the molecule is CNc1ccc(C)cc1C(=O)N(C)C(C)CSC. The topological polar surface area (TPSA) is 32.3 Å². The standard InChI is InChI=1S/C14H22N2OS/c1-10-6-7-13(15-3)12(8-10)14(17)16(4)11(2)9-18-5/h6-8,11,15H,9H2,1-5H3. The van der Waals surface area contributed by atoms with E-state index in [-0.39, 0.29) is 11.9 Å². The molecule has 0 spiro atoms. The van der Waals surface area contributed by atoms with Crippen LogP contribution in [-0.4, -0.2) is 43.0 Å². The number of rotatable bonds is 5. The number of carbonyl (C=O) groups excluding carboxylic acids is 1. The third-order valence-corrected chi connectivity index (χ3v) is 3.88. The highest BCUT2D eigenvalue weighted by atomic mass is 32.2. The van der Waals surface area contributed by atoms with Gasteiger partial charge in [0, 0.05) is 31.6 Å². The van der Waals surface area contributed by atoms with Crippen LogP contribution in [-0.2, 0) is 0 Å². The van der Waals surface area contributed by atoms with Crippen LogP contribution in [0.3, 0.4) is 0 Å². The van der Waals surface area contributed by atoms with E-state index in [4.69, 9.17) is 0 Å². The van der Waals surface area contributed by atoms with Gasteiger partial charge in [0.15, 0.2) is 0 Å². The van der Waals surface area contributed by atoms with E-state index in [1.165, 1.54) is 0 Å². The molecule has 0 saturated heterocycles. The number of hydrogen-bond donors (Lipinski definition) is 1. The number of aryl methyl sites for hydroxylation is 1. The molecule has 3 nitrogen and oxygen atoms in total. The van der Waals surface area contributed by atoms with Gasteiger partial charge in [-0.05, 0) is 32.2 Å². The number of hydrogen-bond acceptors (Lipinski definition) is 3. The first-order valence-electron chi connectivity index (χ1n) is 6.05. The smallest absolute Gasteiger partial charge is 0.255 e. The van der Waals surface area contributed by atoms with Crippen LogP contribution < -0.4 is 5.32 Å². The lowest BCUT2D eigenvalue weighted by Crippen LogP contribution is -2.36. The number of carbonyl (C=O) groups is 1. The quantitative estimate of drug-likeness (QED) is 0.889. The second-order valence-corrected chi connectivity index (χ2v) is 5.43. The van der Waals surface area contributed by atoms with Gasteiger partial charge in [0.05, 0.1) is 5.56 Å². The minimum atomic E-state index is 0.0737. The van der Waals surface area contributed by atoms with Gasteiger partial charge in [-0.3, -0.25) is 4.79 Å². The monoisotopic (exact) mass is 266 g/mol. The molecular formula is C14H22N2OS. The van der Waals surface area contributed by atoms with Gasteiger partial charge < -0.3 is 10.2 Å². The van der Waals surface area contributed by atoms with Gasteiger partial charge in [0.25, 0.3) is 5.91 Å². The van der Waals surface area contributed by atoms with Crippen LogP contribution in [0.2, 0.25) is 0 Å². The summed E-state index contributed by atoms with van der Waals surface area (Å²) in [5.74, 6) is 1.02. The Hall–Kier alpha value is -1.16. The molecule has 0 heterocycles. The van der Waals surface area contributed by atoms with Crippen molar-refractivity contribution in [3.05, 3.63) is 29.3 Å². The lowest BCUT2D eigenvalue weighted by molar-refractivity contribution is 0.0758. The molecule has 0 radical (unpaired) electrons. The number of benzene rings is 1. The van der Waals surface area contributed by atoms with E-state index in [1.54, 1.807) is 11.8 Å². The first-order valence-corrected chi connectivity index (χ1v) is 7.45. The Balaban J connectivity index is 2.98. The van der Waals surface area contributed by atoms with Crippen LogP contribution in [0.25, 0.3) is 0 Å². The molecule has 0 saturated carbocycles. The van der Waals surface area contributed by atoms with Crippen molar-refractivity contribution in [2.45, 2.75) is 19.9 Å². The number of thioether (sulfide) groups is 1. The van der Waals surface area contributed by atoms with Gasteiger partial charge in [-0.2, -0.15) is 11.8 Å². The van der Waals surface area contributed by atoms with Gasteiger partial charge in [-0.15, -0.1) is 0 Å². The second-order valence-electron chi connectivity index (χ2n) is 4.52. The first kappa shape index (κ1) is 14.9. The maximum absolute atomic E-state index is 12.5. The Labute approximate surface area is 114 Å². The molecule has 1 unspecified atom stereocenters. The van der Waals surface area contributed by atoms with Gasteiger partial charge >= 0.3 is 0 Å². The van der Waals surface area contributed by atoms with Crippen molar-refractivity contribution in [2.24, 2.45) is 0 Å². The molecule has 1 amide bonds. The maximum atomic E-state index is 12.5. The summed E-state index contributed by atoms with van der Waals surface area (Å²) in [5.41, 5.74) is 2.73. The average molecular weight is 266 g/mol. The molecule has 0 aromatic heterocycles. The zero-order valence-electron chi connectivity index (χ0n) is 11.8. The van der Waals surface area contributed by atoms with E-state index < -0.39 is 0 Å². The van der Waals surface area contributed by atoms with Crippen molar-refractivity contribution in [3.8, 4) is 0 Å². The minimum absolute atomic E-state index is 0.0737. The molecule has 1 rings (SSSR count). The van der Waals surface area contributed by atoms with Crippen molar-refractivity contribution < 1.29 is 4.79 Å².